The number of H-pyrrole nitrogens is 1. The Bertz CT molecular complexity index is 870. The highest BCUT2D eigenvalue weighted by atomic mass is 16.5. The van der Waals surface area contributed by atoms with E-state index in [9.17, 15) is 19.5 Å². The lowest BCUT2D eigenvalue weighted by Gasteiger charge is -2.20. The topological polar surface area (TPSA) is 108 Å². The molecule has 3 N–H and O–H groups in total. The first-order chi connectivity index (χ1) is 12.6. The van der Waals surface area contributed by atoms with Crippen LogP contribution in [0.15, 0.2) is 42.1 Å². The van der Waals surface area contributed by atoms with Crippen LogP contribution in [0.4, 0.5) is 0 Å². The molecule has 26 heavy (non-hydrogen) atoms. The summed E-state index contributed by atoms with van der Waals surface area (Å²) in [7, 11) is 1.18. The van der Waals surface area contributed by atoms with Crippen LogP contribution < -0.4 is 5.32 Å². The summed E-state index contributed by atoms with van der Waals surface area (Å²) in [5, 5.41) is 13.8. The summed E-state index contributed by atoms with van der Waals surface area (Å²) in [6.45, 7) is 0.341. The Labute approximate surface area is 150 Å². The van der Waals surface area contributed by atoms with Gasteiger partial charge in [-0.1, -0.05) is 18.2 Å². The zero-order chi connectivity index (χ0) is 18.7. The number of aliphatic hydroxyl groups is 1. The summed E-state index contributed by atoms with van der Waals surface area (Å²) in [5.41, 5.74) is 2.17. The number of aromatic amines is 1. The molecule has 1 heterocycles. The van der Waals surface area contributed by atoms with Crippen LogP contribution >= 0.6 is 0 Å². The summed E-state index contributed by atoms with van der Waals surface area (Å²) in [6.07, 6.45) is 3.00. The Morgan fingerprint density at radius 1 is 1.35 bits per heavy atom. The first-order valence-electron chi connectivity index (χ1n) is 8.32. The highest BCUT2D eigenvalue weighted by Gasteiger charge is 2.45. The Kier molecular flexibility index (Phi) is 5.18. The number of hydrogen-bond acceptors (Lipinski definition) is 5. The lowest BCUT2D eigenvalue weighted by molar-refractivity contribution is -0.152. The molecule has 0 bridgehead atoms. The Morgan fingerprint density at radius 3 is 2.85 bits per heavy atom. The zero-order valence-electron chi connectivity index (χ0n) is 14.3. The average Bonchev–Trinajstić information content (AvgIpc) is 3.22. The van der Waals surface area contributed by atoms with Gasteiger partial charge in [-0.2, -0.15) is 0 Å². The standard InChI is InChI=1S/C19H20N2O5/c1-26-19(25)17-15(23)8-12(10-22)16(17)18(24)20-7-6-11-9-21-14-5-3-2-4-13(11)14/h2-5,8-10,15-17,21,23H,6-7H2,1H3,(H,20,24)/t15-,16+,17-/m0/s1. The molecule has 0 spiro atoms. The van der Waals surface area contributed by atoms with E-state index in [4.69, 9.17) is 0 Å². The van der Waals surface area contributed by atoms with Crippen molar-refractivity contribution in [2.75, 3.05) is 13.7 Å². The maximum atomic E-state index is 12.5. The zero-order valence-corrected chi connectivity index (χ0v) is 14.3. The van der Waals surface area contributed by atoms with Crippen molar-refractivity contribution in [2.45, 2.75) is 12.5 Å². The highest BCUT2D eigenvalue weighted by Crippen LogP contribution is 2.32. The van der Waals surface area contributed by atoms with Gasteiger partial charge in [-0.15, -0.1) is 0 Å². The molecule has 0 unspecified atom stereocenters. The van der Waals surface area contributed by atoms with Crippen molar-refractivity contribution in [3.63, 3.8) is 0 Å². The number of aldehydes is 1. The predicted octanol–water partition coefficient (Wildman–Crippen LogP) is 0.732. The molecular weight excluding hydrogens is 336 g/mol. The summed E-state index contributed by atoms with van der Waals surface area (Å²) < 4.78 is 4.66. The number of hydrogen-bond donors (Lipinski definition) is 3. The van der Waals surface area contributed by atoms with Crippen LogP contribution in [0, 0.1) is 11.8 Å². The largest absolute Gasteiger partial charge is 0.469 e. The number of benzene rings is 1. The number of methoxy groups -OCH3 is 1. The third kappa shape index (κ3) is 3.25. The molecule has 136 valence electrons. The van der Waals surface area contributed by atoms with E-state index in [0.29, 0.717) is 19.3 Å². The molecule has 3 rings (SSSR count). The van der Waals surface area contributed by atoms with Crippen molar-refractivity contribution < 1.29 is 24.2 Å². The van der Waals surface area contributed by atoms with E-state index >= 15 is 0 Å². The van der Waals surface area contributed by atoms with Crippen LogP contribution in [-0.2, 0) is 25.5 Å². The second kappa shape index (κ2) is 7.53. The van der Waals surface area contributed by atoms with Crippen molar-refractivity contribution >= 4 is 29.1 Å². The van der Waals surface area contributed by atoms with Gasteiger partial charge in [-0.25, -0.2) is 0 Å². The molecule has 2 aromatic rings. The van der Waals surface area contributed by atoms with Crippen LogP contribution in [0.2, 0.25) is 0 Å². The van der Waals surface area contributed by atoms with Gasteiger partial charge in [0.2, 0.25) is 5.91 Å². The molecule has 0 aliphatic heterocycles. The molecule has 0 saturated carbocycles. The third-order valence-corrected chi connectivity index (χ3v) is 4.71. The summed E-state index contributed by atoms with van der Waals surface area (Å²) >= 11 is 0. The van der Waals surface area contributed by atoms with Crippen LogP contribution in [0.3, 0.4) is 0 Å². The van der Waals surface area contributed by atoms with Crippen molar-refractivity contribution in [3.8, 4) is 0 Å². The highest BCUT2D eigenvalue weighted by molar-refractivity contribution is 5.96. The molecule has 3 atom stereocenters. The van der Waals surface area contributed by atoms with Crippen LogP contribution in [0.5, 0.6) is 0 Å². The first kappa shape index (κ1) is 17.9. The van der Waals surface area contributed by atoms with Crippen molar-refractivity contribution in [1.82, 2.24) is 10.3 Å². The second-order valence-electron chi connectivity index (χ2n) is 6.20. The van der Waals surface area contributed by atoms with Gasteiger partial charge in [-0.3, -0.25) is 14.4 Å². The molecule has 0 radical (unpaired) electrons. The van der Waals surface area contributed by atoms with Crippen LogP contribution in [0.1, 0.15) is 5.56 Å². The van der Waals surface area contributed by atoms with Gasteiger partial charge < -0.3 is 20.1 Å². The number of carbonyl (C=O) groups is 3. The molecule has 0 saturated heterocycles. The fourth-order valence-electron chi connectivity index (χ4n) is 3.42. The van der Waals surface area contributed by atoms with E-state index < -0.39 is 29.8 Å². The van der Waals surface area contributed by atoms with E-state index in [0.717, 1.165) is 16.5 Å². The summed E-state index contributed by atoms with van der Waals surface area (Å²) in [6, 6.07) is 7.85. The van der Waals surface area contributed by atoms with E-state index in [1.807, 2.05) is 30.5 Å². The maximum absolute atomic E-state index is 12.5. The number of ether oxygens (including phenoxy) is 1. The predicted molar refractivity (Wildman–Crippen MR) is 94.2 cm³/mol. The number of amides is 1. The van der Waals surface area contributed by atoms with E-state index in [1.165, 1.54) is 13.2 Å². The van der Waals surface area contributed by atoms with Crippen molar-refractivity contribution in [2.24, 2.45) is 11.8 Å². The second-order valence-corrected chi connectivity index (χ2v) is 6.20. The fraction of sp³-hybridized carbons (Fsp3) is 0.316. The van der Waals surface area contributed by atoms with Gasteiger partial charge in [0.1, 0.15) is 12.2 Å². The molecule has 1 aromatic heterocycles. The van der Waals surface area contributed by atoms with E-state index in [1.54, 1.807) is 0 Å². The molecular formula is C19H20N2O5. The molecule has 7 heteroatoms. The van der Waals surface area contributed by atoms with Gasteiger partial charge in [0.15, 0.2) is 0 Å². The van der Waals surface area contributed by atoms with Gasteiger partial charge >= 0.3 is 5.97 Å². The molecule has 1 amide bonds. The number of para-hydroxylation sites is 1. The number of carbonyl (C=O) groups excluding carboxylic acids is 3. The minimum absolute atomic E-state index is 0.0949. The Morgan fingerprint density at radius 2 is 2.12 bits per heavy atom. The molecule has 1 aliphatic carbocycles. The van der Waals surface area contributed by atoms with Gasteiger partial charge in [-0.05, 0) is 24.1 Å². The molecule has 1 aliphatic rings. The average molecular weight is 356 g/mol. The van der Waals surface area contributed by atoms with E-state index in [2.05, 4.69) is 15.0 Å². The maximum Gasteiger partial charge on any atom is 0.312 e. The van der Waals surface area contributed by atoms with Gasteiger partial charge in [0, 0.05) is 29.2 Å². The minimum Gasteiger partial charge on any atom is -0.469 e. The molecule has 1 aromatic carbocycles. The molecule has 7 nitrogen and oxygen atoms in total. The quantitative estimate of drug-likeness (QED) is 0.522. The summed E-state index contributed by atoms with van der Waals surface area (Å²) in [5.74, 6) is -3.34. The van der Waals surface area contributed by atoms with E-state index in [-0.39, 0.29) is 5.57 Å². The monoisotopic (exact) mass is 356 g/mol. The number of fused-ring (bicyclic) bond motifs is 1. The minimum atomic E-state index is -1.22. The van der Waals surface area contributed by atoms with Gasteiger partial charge in [0.25, 0.3) is 0 Å². The number of rotatable bonds is 6. The Hall–Kier alpha value is -2.93. The Balaban J connectivity index is 1.67. The van der Waals surface area contributed by atoms with Crippen molar-refractivity contribution in [1.29, 1.82) is 0 Å². The lowest BCUT2D eigenvalue weighted by Crippen LogP contribution is -2.41. The van der Waals surface area contributed by atoms with Gasteiger partial charge in [0.05, 0.1) is 19.1 Å². The normalized spacial score (nSPS) is 22.1. The van der Waals surface area contributed by atoms with Crippen LogP contribution in [0.25, 0.3) is 10.9 Å². The molecule has 0 fully saturated rings. The van der Waals surface area contributed by atoms with Crippen LogP contribution in [-0.4, -0.2) is 48.0 Å². The fourth-order valence-corrected chi connectivity index (χ4v) is 3.42. The SMILES string of the molecule is COC(=O)[C@@H]1[C@H](C(=O)NCCc2c[nH]c3ccccc23)C(C=O)=C[C@@H]1O. The number of aromatic nitrogens is 1. The smallest absolute Gasteiger partial charge is 0.312 e. The van der Waals surface area contributed by atoms with Crippen molar-refractivity contribution in [3.05, 3.63) is 47.7 Å². The number of aliphatic hydroxyl groups excluding tert-OH is 1. The third-order valence-electron chi connectivity index (χ3n) is 4.71. The lowest BCUT2D eigenvalue weighted by atomic mass is 9.89. The summed E-state index contributed by atoms with van der Waals surface area (Å²) in [4.78, 5) is 38.8. The number of nitrogens with one attached hydrogen (secondary N) is 2. The number of esters is 1. The first-order valence-corrected chi connectivity index (χ1v) is 8.32.